The van der Waals surface area contributed by atoms with Gasteiger partial charge in [0.25, 0.3) is 0 Å². The Morgan fingerprint density at radius 3 is 3.00 bits per heavy atom. The molecule has 0 saturated heterocycles. The number of benzene rings is 1. The molecule has 0 saturated carbocycles. The first-order valence-electron chi connectivity index (χ1n) is 5.72. The van der Waals surface area contributed by atoms with E-state index in [1.165, 1.54) is 19.2 Å². The Balaban J connectivity index is 2.42. The molecule has 0 unspecified atom stereocenters. The van der Waals surface area contributed by atoms with E-state index in [0.29, 0.717) is 30.0 Å². The largest absolute Gasteiger partial charge is 0.465 e. The van der Waals surface area contributed by atoms with Gasteiger partial charge in [0.15, 0.2) is 0 Å². The Bertz CT molecular complexity index is 499. The molecule has 1 atom stereocenters. The van der Waals surface area contributed by atoms with E-state index < -0.39 is 5.97 Å². The average Bonchev–Trinajstić information content (AvgIpc) is 2.38. The molecule has 1 heterocycles. The first kappa shape index (κ1) is 12.7. The van der Waals surface area contributed by atoms with E-state index in [2.05, 4.69) is 9.73 Å². The molecule has 18 heavy (non-hydrogen) atoms. The van der Waals surface area contributed by atoms with Gasteiger partial charge in [0.1, 0.15) is 11.5 Å². The second-order valence-corrected chi connectivity index (χ2v) is 3.90. The fraction of sp³-hybridized carbons (Fsp3) is 0.385. The van der Waals surface area contributed by atoms with Crippen molar-refractivity contribution in [3.63, 3.8) is 0 Å². The van der Waals surface area contributed by atoms with Gasteiger partial charge < -0.3 is 9.47 Å². The molecule has 96 valence electrons. The maximum Gasteiger partial charge on any atom is 0.352 e. The molecule has 0 bridgehead atoms. The molecule has 0 fully saturated rings. The first-order valence-corrected chi connectivity index (χ1v) is 5.72. The third-order valence-corrected chi connectivity index (χ3v) is 2.76. The van der Waals surface area contributed by atoms with Gasteiger partial charge in [-0.25, -0.2) is 14.2 Å². The topological polar surface area (TPSA) is 47.9 Å². The van der Waals surface area contributed by atoms with Crippen molar-refractivity contribution in [1.29, 1.82) is 0 Å². The number of ether oxygens (including phenoxy) is 2. The van der Waals surface area contributed by atoms with E-state index >= 15 is 0 Å². The van der Waals surface area contributed by atoms with Crippen LogP contribution in [0.4, 0.5) is 10.1 Å². The lowest BCUT2D eigenvalue weighted by Gasteiger charge is -2.23. The lowest BCUT2D eigenvalue weighted by molar-refractivity contribution is -0.133. The fourth-order valence-electron chi connectivity index (χ4n) is 1.96. The molecule has 1 aromatic rings. The summed E-state index contributed by atoms with van der Waals surface area (Å²) in [5.41, 5.74) is 1.53. The minimum atomic E-state index is -0.477. The molecule has 1 aliphatic heterocycles. The van der Waals surface area contributed by atoms with Crippen molar-refractivity contribution in [2.24, 2.45) is 4.99 Å². The van der Waals surface area contributed by atoms with Crippen LogP contribution >= 0.6 is 0 Å². The molecule has 0 aromatic heterocycles. The summed E-state index contributed by atoms with van der Waals surface area (Å²) in [4.78, 5) is 15.7. The number of fused-ring (bicyclic) bond motifs is 1. The van der Waals surface area contributed by atoms with Crippen LogP contribution in [0.5, 0.6) is 0 Å². The average molecular weight is 251 g/mol. The first-order chi connectivity index (χ1) is 8.65. The highest BCUT2D eigenvalue weighted by atomic mass is 19.1. The molecule has 5 heteroatoms. The van der Waals surface area contributed by atoms with Crippen LogP contribution in [-0.2, 0) is 14.3 Å². The maximum absolute atomic E-state index is 13.2. The summed E-state index contributed by atoms with van der Waals surface area (Å²) in [6.45, 7) is 2.33. The van der Waals surface area contributed by atoms with E-state index in [9.17, 15) is 9.18 Å². The summed E-state index contributed by atoms with van der Waals surface area (Å²) in [7, 11) is 1.31. The Kier molecular flexibility index (Phi) is 3.72. The van der Waals surface area contributed by atoms with Gasteiger partial charge in [-0.15, -0.1) is 0 Å². The number of esters is 1. The molecule has 0 amide bonds. The van der Waals surface area contributed by atoms with Crippen LogP contribution in [0.15, 0.2) is 23.2 Å². The highest BCUT2D eigenvalue weighted by Crippen LogP contribution is 2.35. The normalized spacial score (nSPS) is 17.9. The third-order valence-electron chi connectivity index (χ3n) is 2.76. The highest BCUT2D eigenvalue weighted by molar-refractivity contribution is 6.37. The summed E-state index contributed by atoms with van der Waals surface area (Å²) in [5.74, 6) is -0.815. The van der Waals surface area contributed by atoms with Crippen molar-refractivity contribution in [2.45, 2.75) is 19.4 Å². The van der Waals surface area contributed by atoms with Crippen molar-refractivity contribution in [3.8, 4) is 0 Å². The van der Waals surface area contributed by atoms with Crippen molar-refractivity contribution in [2.75, 3.05) is 13.7 Å². The summed E-state index contributed by atoms with van der Waals surface area (Å²) in [5, 5.41) is 0. The predicted octanol–water partition coefficient (Wildman–Crippen LogP) is 2.55. The van der Waals surface area contributed by atoms with Crippen LogP contribution in [0.3, 0.4) is 0 Å². The van der Waals surface area contributed by atoms with E-state index in [4.69, 9.17) is 4.74 Å². The minimum absolute atomic E-state index is 0.301. The lowest BCUT2D eigenvalue weighted by Crippen LogP contribution is -2.23. The SMILES string of the molecule is CCO[C@H]1CC(C(=O)OC)=Nc2ccc(F)cc21. The number of nitrogens with zero attached hydrogens (tertiary/aromatic N) is 1. The molecular formula is C13H14FNO3. The molecule has 2 rings (SSSR count). The smallest absolute Gasteiger partial charge is 0.352 e. The zero-order chi connectivity index (χ0) is 13.1. The Morgan fingerprint density at radius 2 is 2.33 bits per heavy atom. The molecular weight excluding hydrogens is 237 g/mol. The Morgan fingerprint density at radius 1 is 1.56 bits per heavy atom. The van der Waals surface area contributed by atoms with Crippen molar-refractivity contribution in [3.05, 3.63) is 29.6 Å². The fourth-order valence-corrected chi connectivity index (χ4v) is 1.96. The summed E-state index contributed by atoms with van der Waals surface area (Å²) in [6.07, 6.45) is -0.0518. The van der Waals surface area contributed by atoms with Crippen LogP contribution in [0.25, 0.3) is 0 Å². The van der Waals surface area contributed by atoms with Crippen LogP contribution in [0, 0.1) is 5.82 Å². The van der Waals surface area contributed by atoms with Crippen molar-refractivity contribution < 1.29 is 18.7 Å². The Hall–Kier alpha value is -1.75. The standard InChI is InChI=1S/C13H14FNO3/c1-3-18-12-7-11(13(16)17-2)15-10-5-4-8(14)6-9(10)12/h4-6,12H,3,7H2,1-2H3/t12-/m0/s1. The van der Waals surface area contributed by atoms with Gasteiger partial charge >= 0.3 is 5.97 Å². The molecule has 0 radical (unpaired) electrons. The van der Waals surface area contributed by atoms with Crippen LogP contribution < -0.4 is 0 Å². The Labute approximate surface area is 104 Å². The zero-order valence-electron chi connectivity index (χ0n) is 10.3. The number of methoxy groups -OCH3 is 1. The highest BCUT2D eigenvalue weighted by Gasteiger charge is 2.27. The number of aliphatic imine (C=N–C) groups is 1. The number of hydrogen-bond acceptors (Lipinski definition) is 4. The molecule has 0 N–H and O–H groups in total. The van der Waals surface area contributed by atoms with Crippen LogP contribution in [-0.4, -0.2) is 25.4 Å². The molecule has 1 aromatic carbocycles. The molecule has 4 nitrogen and oxygen atoms in total. The van der Waals surface area contributed by atoms with E-state index in [-0.39, 0.29) is 11.9 Å². The van der Waals surface area contributed by atoms with E-state index in [1.807, 2.05) is 6.92 Å². The van der Waals surface area contributed by atoms with Gasteiger partial charge in [0.2, 0.25) is 0 Å². The van der Waals surface area contributed by atoms with Crippen LogP contribution in [0.1, 0.15) is 25.0 Å². The summed E-state index contributed by atoms with van der Waals surface area (Å²) >= 11 is 0. The summed E-state index contributed by atoms with van der Waals surface area (Å²) in [6, 6.07) is 4.25. The van der Waals surface area contributed by atoms with Gasteiger partial charge in [0.05, 0.1) is 18.9 Å². The van der Waals surface area contributed by atoms with Gasteiger partial charge in [0, 0.05) is 18.6 Å². The molecule has 0 spiro atoms. The molecule has 0 aliphatic carbocycles. The zero-order valence-corrected chi connectivity index (χ0v) is 10.3. The predicted molar refractivity (Wildman–Crippen MR) is 64.5 cm³/mol. The number of hydrogen-bond donors (Lipinski definition) is 0. The van der Waals surface area contributed by atoms with Crippen molar-refractivity contribution >= 4 is 17.4 Å². The monoisotopic (exact) mass is 251 g/mol. The van der Waals surface area contributed by atoms with Gasteiger partial charge in [-0.2, -0.15) is 0 Å². The van der Waals surface area contributed by atoms with Gasteiger partial charge in [-0.3, -0.25) is 0 Å². The maximum atomic E-state index is 13.2. The van der Waals surface area contributed by atoms with Gasteiger partial charge in [-0.1, -0.05) is 0 Å². The van der Waals surface area contributed by atoms with Gasteiger partial charge in [-0.05, 0) is 25.1 Å². The quantitative estimate of drug-likeness (QED) is 0.776. The number of carbonyl (C=O) groups is 1. The number of halogens is 1. The summed E-state index contributed by atoms with van der Waals surface area (Å²) < 4.78 is 23.4. The van der Waals surface area contributed by atoms with E-state index in [1.54, 1.807) is 6.07 Å². The number of carbonyl (C=O) groups excluding carboxylic acids is 1. The van der Waals surface area contributed by atoms with E-state index in [0.717, 1.165) is 0 Å². The second kappa shape index (κ2) is 5.27. The van der Waals surface area contributed by atoms with Crippen molar-refractivity contribution in [1.82, 2.24) is 0 Å². The minimum Gasteiger partial charge on any atom is -0.465 e. The number of rotatable bonds is 3. The second-order valence-electron chi connectivity index (χ2n) is 3.90. The lowest BCUT2D eigenvalue weighted by atomic mass is 9.98. The third kappa shape index (κ3) is 2.41. The molecule has 1 aliphatic rings. The van der Waals surface area contributed by atoms with Crippen LogP contribution in [0.2, 0.25) is 0 Å².